The van der Waals surface area contributed by atoms with Crippen molar-refractivity contribution < 1.29 is 4.74 Å². The monoisotopic (exact) mass is 292 g/mol. The maximum atomic E-state index is 5.99. The van der Waals surface area contributed by atoms with E-state index in [0.717, 1.165) is 55.1 Å². The zero-order valence-electron chi connectivity index (χ0n) is 11.7. The van der Waals surface area contributed by atoms with E-state index in [9.17, 15) is 0 Å². The fourth-order valence-corrected chi connectivity index (χ4v) is 3.46. The number of ether oxygens (including phenoxy) is 1. The summed E-state index contributed by atoms with van der Waals surface area (Å²) in [4.78, 5) is 12.4. The molecule has 5 nitrogen and oxygen atoms in total. The average molecular weight is 292 g/mol. The third kappa shape index (κ3) is 2.92. The molecule has 1 fully saturated rings. The van der Waals surface area contributed by atoms with Crippen molar-refractivity contribution in [2.45, 2.75) is 32.4 Å². The lowest BCUT2D eigenvalue weighted by molar-refractivity contribution is 0.0120. The van der Waals surface area contributed by atoms with Gasteiger partial charge in [-0.25, -0.2) is 9.97 Å². The highest BCUT2D eigenvalue weighted by molar-refractivity contribution is 7.16. The number of thiophene rings is 1. The fourth-order valence-electron chi connectivity index (χ4n) is 2.66. The Labute approximate surface area is 122 Å². The summed E-state index contributed by atoms with van der Waals surface area (Å²) in [7, 11) is 0. The summed E-state index contributed by atoms with van der Waals surface area (Å²) in [5.74, 6) is 1.42. The number of piperidine rings is 1. The zero-order valence-corrected chi connectivity index (χ0v) is 12.5. The van der Waals surface area contributed by atoms with E-state index in [0.29, 0.717) is 11.9 Å². The van der Waals surface area contributed by atoms with Crippen LogP contribution >= 0.6 is 11.3 Å². The van der Waals surface area contributed by atoms with E-state index in [1.54, 1.807) is 11.3 Å². The van der Waals surface area contributed by atoms with E-state index in [1.165, 1.54) is 0 Å². The van der Waals surface area contributed by atoms with Gasteiger partial charge in [0.2, 0.25) is 0 Å². The first-order chi connectivity index (χ1) is 9.76. The molecular formula is C14H20N4OS. The molecule has 6 heteroatoms. The van der Waals surface area contributed by atoms with Crippen molar-refractivity contribution in [1.82, 2.24) is 14.9 Å². The summed E-state index contributed by atoms with van der Waals surface area (Å²) >= 11 is 1.62. The Morgan fingerprint density at radius 3 is 2.95 bits per heavy atom. The molecule has 0 amide bonds. The largest absolute Gasteiger partial charge is 0.383 e. The topological polar surface area (TPSA) is 64.3 Å². The minimum Gasteiger partial charge on any atom is -0.383 e. The average Bonchev–Trinajstić information content (AvgIpc) is 2.90. The number of nitrogen functional groups attached to an aromatic ring is 1. The number of hydrogen-bond acceptors (Lipinski definition) is 6. The molecule has 0 spiro atoms. The molecule has 0 unspecified atom stereocenters. The van der Waals surface area contributed by atoms with E-state index in [-0.39, 0.29) is 0 Å². The van der Waals surface area contributed by atoms with E-state index >= 15 is 0 Å². The molecule has 108 valence electrons. The van der Waals surface area contributed by atoms with E-state index in [2.05, 4.69) is 21.8 Å². The highest BCUT2D eigenvalue weighted by atomic mass is 32.1. The molecule has 1 aliphatic heterocycles. The smallest absolute Gasteiger partial charge is 0.146 e. The summed E-state index contributed by atoms with van der Waals surface area (Å²) in [6, 6.07) is 1.98. The lowest BCUT2D eigenvalue weighted by atomic mass is 10.1. The van der Waals surface area contributed by atoms with Crippen molar-refractivity contribution in [3.8, 4) is 0 Å². The molecule has 1 saturated heterocycles. The van der Waals surface area contributed by atoms with Crippen LogP contribution in [0.25, 0.3) is 10.2 Å². The molecule has 20 heavy (non-hydrogen) atoms. The van der Waals surface area contributed by atoms with Crippen LogP contribution in [0.3, 0.4) is 0 Å². The molecule has 0 aliphatic carbocycles. The predicted octanol–water partition coefficient (Wildman–Crippen LogP) is 2.27. The Hall–Kier alpha value is -1.24. The van der Waals surface area contributed by atoms with E-state index in [1.807, 2.05) is 11.4 Å². The van der Waals surface area contributed by atoms with E-state index in [4.69, 9.17) is 10.5 Å². The third-order valence-corrected chi connectivity index (χ3v) is 4.51. The molecule has 3 heterocycles. The van der Waals surface area contributed by atoms with Gasteiger partial charge in [-0.15, -0.1) is 11.3 Å². The van der Waals surface area contributed by atoms with Crippen LogP contribution in [-0.4, -0.2) is 40.7 Å². The number of rotatable bonds is 4. The number of aromatic nitrogens is 2. The Morgan fingerprint density at radius 2 is 2.20 bits per heavy atom. The van der Waals surface area contributed by atoms with Gasteiger partial charge in [0.1, 0.15) is 16.5 Å². The molecular weight excluding hydrogens is 272 g/mol. The number of likely N-dealkylation sites (tertiary alicyclic amines) is 1. The molecule has 3 rings (SSSR count). The number of nitrogens with zero attached hydrogens (tertiary/aromatic N) is 3. The van der Waals surface area contributed by atoms with Crippen molar-refractivity contribution >= 4 is 27.4 Å². The van der Waals surface area contributed by atoms with Crippen LogP contribution < -0.4 is 5.73 Å². The van der Waals surface area contributed by atoms with Gasteiger partial charge in [0.15, 0.2) is 0 Å². The van der Waals surface area contributed by atoms with Gasteiger partial charge in [-0.2, -0.15) is 0 Å². The highest BCUT2D eigenvalue weighted by Gasteiger charge is 2.20. The number of hydrogen-bond donors (Lipinski definition) is 1. The summed E-state index contributed by atoms with van der Waals surface area (Å²) in [6.07, 6.45) is 2.59. The first kappa shape index (κ1) is 13.7. The van der Waals surface area contributed by atoms with Gasteiger partial charge >= 0.3 is 0 Å². The van der Waals surface area contributed by atoms with Gasteiger partial charge in [-0.3, -0.25) is 4.90 Å². The molecule has 0 atom stereocenters. The van der Waals surface area contributed by atoms with Crippen LogP contribution in [-0.2, 0) is 11.3 Å². The van der Waals surface area contributed by atoms with Crippen LogP contribution in [0.5, 0.6) is 0 Å². The summed E-state index contributed by atoms with van der Waals surface area (Å²) in [6.45, 7) is 5.71. The van der Waals surface area contributed by atoms with Gasteiger partial charge in [0.05, 0.1) is 18.0 Å². The van der Waals surface area contributed by atoms with Crippen LogP contribution in [0, 0.1) is 0 Å². The Kier molecular flexibility index (Phi) is 4.14. The molecule has 2 aromatic rings. The van der Waals surface area contributed by atoms with Gasteiger partial charge in [-0.1, -0.05) is 0 Å². The summed E-state index contributed by atoms with van der Waals surface area (Å²) < 4.78 is 5.67. The molecule has 2 N–H and O–H groups in total. The number of anilines is 1. The van der Waals surface area contributed by atoms with Gasteiger partial charge in [-0.05, 0) is 31.2 Å². The second-order valence-electron chi connectivity index (χ2n) is 5.10. The van der Waals surface area contributed by atoms with Crippen LogP contribution in [0.2, 0.25) is 0 Å². The van der Waals surface area contributed by atoms with Gasteiger partial charge in [0.25, 0.3) is 0 Å². The van der Waals surface area contributed by atoms with Crippen molar-refractivity contribution in [2.75, 3.05) is 25.4 Å². The predicted molar refractivity (Wildman–Crippen MR) is 81.8 cm³/mol. The first-order valence-electron chi connectivity index (χ1n) is 7.10. The minimum atomic E-state index is 0.419. The maximum Gasteiger partial charge on any atom is 0.146 e. The van der Waals surface area contributed by atoms with Crippen molar-refractivity contribution in [3.63, 3.8) is 0 Å². The number of nitrogens with two attached hydrogens (primary N) is 1. The molecule has 1 aliphatic rings. The minimum absolute atomic E-state index is 0.419. The van der Waals surface area contributed by atoms with Crippen molar-refractivity contribution in [2.24, 2.45) is 0 Å². The normalized spacial score (nSPS) is 17.9. The lowest BCUT2D eigenvalue weighted by Gasteiger charge is -2.31. The summed E-state index contributed by atoms with van der Waals surface area (Å²) in [5, 5.41) is 2.97. The Balaban J connectivity index is 1.65. The standard InChI is InChI=1S/C14H20N4OS/c1-2-19-10-3-6-18(7-4-10)9-12-16-13(15)11-5-8-20-14(11)17-12/h5,8,10H,2-4,6-7,9H2,1H3,(H2,15,16,17). The molecule has 2 aromatic heterocycles. The maximum absolute atomic E-state index is 5.99. The number of fused-ring (bicyclic) bond motifs is 1. The zero-order chi connectivity index (χ0) is 13.9. The van der Waals surface area contributed by atoms with Crippen LogP contribution in [0.4, 0.5) is 5.82 Å². The van der Waals surface area contributed by atoms with Gasteiger partial charge in [0, 0.05) is 19.7 Å². The lowest BCUT2D eigenvalue weighted by Crippen LogP contribution is -2.37. The van der Waals surface area contributed by atoms with Gasteiger partial charge < -0.3 is 10.5 Å². The fraction of sp³-hybridized carbons (Fsp3) is 0.571. The molecule has 0 aromatic carbocycles. The van der Waals surface area contributed by atoms with Crippen molar-refractivity contribution in [1.29, 1.82) is 0 Å². The van der Waals surface area contributed by atoms with Crippen LogP contribution in [0.1, 0.15) is 25.6 Å². The second kappa shape index (κ2) is 6.03. The van der Waals surface area contributed by atoms with Crippen molar-refractivity contribution in [3.05, 3.63) is 17.3 Å². The van der Waals surface area contributed by atoms with Crippen LogP contribution in [0.15, 0.2) is 11.4 Å². The first-order valence-corrected chi connectivity index (χ1v) is 7.97. The van der Waals surface area contributed by atoms with E-state index < -0.39 is 0 Å². The Bertz CT molecular complexity index is 578. The molecule has 0 radical (unpaired) electrons. The molecule has 0 bridgehead atoms. The third-order valence-electron chi connectivity index (χ3n) is 3.70. The summed E-state index contributed by atoms with van der Waals surface area (Å²) in [5.41, 5.74) is 5.99. The Morgan fingerprint density at radius 1 is 1.40 bits per heavy atom. The molecule has 0 saturated carbocycles. The second-order valence-corrected chi connectivity index (χ2v) is 5.99. The quantitative estimate of drug-likeness (QED) is 0.936. The SMILES string of the molecule is CCOC1CCN(Cc2nc(N)c3ccsc3n2)CC1. The highest BCUT2D eigenvalue weighted by Crippen LogP contribution is 2.23.